The van der Waals surface area contributed by atoms with Gasteiger partial charge in [0.2, 0.25) is 0 Å². The largest absolute Gasteiger partial charge is 0.417 e. The second kappa shape index (κ2) is 9.55. The van der Waals surface area contributed by atoms with E-state index in [1.807, 2.05) is 43.3 Å². The Hall–Kier alpha value is -3.81. The van der Waals surface area contributed by atoms with Gasteiger partial charge in [0, 0.05) is 37.6 Å². The van der Waals surface area contributed by atoms with E-state index in [9.17, 15) is 22.8 Å². The predicted molar refractivity (Wildman–Crippen MR) is 118 cm³/mol. The van der Waals surface area contributed by atoms with Crippen molar-refractivity contribution >= 4 is 23.2 Å². The average Bonchev–Trinajstić information content (AvgIpc) is 2.77. The van der Waals surface area contributed by atoms with Crippen LogP contribution in [0, 0.1) is 0 Å². The summed E-state index contributed by atoms with van der Waals surface area (Å²) in [6, 6.07) is 18.2. The molecule has 2 N–H and O–H groups in total. The summed E-state index contributed by atoms with van der Waals surface area (Å²) in [5, 5.41) is 5.26. The zero-order valence-corrected chi connectivity index (χ0v) is 17.5. The molecule has 32 heavy (non-hydrogen) atoms. The fraction of sp³-hybridized carbons (Fsp3) is 0.167. The van der Waals surface area contributed by atoms with Crippen LogP contribution in [0.2, 0.25) is 0 Å². The van der Waals surface area contributed by atoms with E-state index in [4.69, 9.17) is 0 Å². The molecule has 5 nitrogen and oxygen atoms in total. The van der Waals surface area contributed by atoms with E-state index >= 15 is 0 Å². The van der Waals surface area contributed by atoms with E-state index in [1.54, 1.807) is 12.1 Å². The first-order valence-electron chi connectivity index (χ1n) is 9.78. The Bertz CT molecular complexity index is 1130. The van der Waals surface area contributed by atoms with Gasteiger partial charge in [-0.1, -0.05) is 36.4 Å². The van der Waals surface area contributed by atoms with Crippen molar-refractivity contribution in [2.75, 3.05) is 24.3 Å². The van der Waals surface area contributed by atoms with Crippen LogP contribution < -0.4 is 15.5 Å². The maximum atomic E-state index is 13.2. The lowest BCUT2D eigenvalue weighted by Gasteiger charge is -2.17. The zero-order chi connectivity index (χ0) is 23.3. The molecule has 0 spiro atoms. The Labute approximate surface area is 183 Å². The second-order valence-corrected chi connectivity index (χ2v) is 7.28. The first-order valence-corrected chi connectivity index (χ1v) is 9.78. The molecule has 0 radical (unpaired) electrons. The summed E-state index contributed by atoms with van der Waals surface area (Å²) in [6.07, 6.45) is -4.65. The van der Waals surface area contributed by atoms with Gasteiger partial charge in [0.1, 0.15) is 0 Å². The van der Waals surface area contributed by atoms with Crippen molar-refractivity contribution in [3.8, 4) is 0 Å². The summed E-state index contributed by atoms with van der Waals surface area (Å²) in [5.74, 6) is -1.28. The number of nitrogens with zero attached hydrogens (tertiary/aromatic N) is 1. The highest BCUT2D eigenvalue weighted by atomic mass is 19.4. The van der Waals surface area contributed by atoms with Crippen LogP contribution in [-0.4, -0.2) is 25.9 Å². The molecule has 0 saturated carbocycles. The molecule has 3 rings (SSSR count). The molecule has 3 aromatic rings. The maximum Gasteiger partial charge on any atom is 0.417 e. The van der Waals surface area contributed by atoms with Crippen LogP contribution in [0.4, 0.5) is 24.5 Å². The van der Waals surface area contributed by atoms with Crippen molar-refractivity contribution in [3.05, 3.63) is 95.1 Å². The number of anilines is 2. The molecular formula is C24H22F3N3O2. The van der Waals surface area contributed by atoms with Crippen molar-refractivity contribution in [2.45, 2.75) is 12.7 Å². The highest BCUT2D eigenvalue weighted by Gasteiger charge is 2.34. The lowest BCUT2D eigenvalue weighted by atomic mass is 10.1. The molecule has 2 amide bonds. The van der Waals surface area contributed by atoms with E-state index in [2.05, 4.69) is 10.6 Å². The van der Waals surface area contributed by atoms with Gasteiger partial charge in [-0.15, -0.1) is 0 Å². The highest BCUT2D eigenvalue weighted by Crippen LogP contribution is 2.32. The summed E-state index contributed by atoms with van der Waals surface area (Å²) < 4.78 is 39.6. The van der Waals surface area contributed by atoms with Gasteiger partial charge in [0.25, 0.3) is 11.8 Å². The molecule has 0 aromatic heterocycles. The highest BCUT2D eigenvalue weighted by molar-refractivity contribution is 6.06. The third-order valence-electron chi connectivity index (χ3n) is 4.77. The van der Waals surface area contributed by atoms with Crippen LogP contribution in [0.15, 0.2) is 72.8 Å². The number of amides is 2. The minimum atomic E-state index is -4.65. The van der Waals surface area contributed by atoms with E-state index in [0.717, 1.165) is 23.4 Å². The molecule has 0 atom stereocenters. The molecule has 0 aliphatic rings. The fourth-order valence-corrected chi connectivity index (χ4v) is 3.24. The van der Waals surface area contributed by atoms with Gasteiger partial charge in [0.05, 0.1) is 11.1 Å². The summed E-state index contributed by atoms with van der Waals surface area (Å²) in [6.45, 7) is 0.294. The fourth-order valence-electron chi connectivity index (χ4n) is 3.24. The average molecular weight is 441 g/mol. The molecule has 0 unspecified atom stereocenters. The van der Waals surface area contributed by atoms with Crippen molar-refractivity contribution in [2.24, 2.45) is 0 Å². The third kappa shape index (κ3) is 5.46. The van der Waals surface area contributed by atoms with E-state index in [0.29, 0.717) is 6.54 Å². The second-order valence-electron chi connectivity index (χ2n) is 7.28. The van der Waals surface area contributed by atoms with Gasteiger partial charge < -0.3 is 15.5 Å². The molecule has 166 valence electrons. The lowest BCUT2D eigenvalue weighted by molar-refractivity contribution is -0.137. The van der Waals surface area contributed by atoms with Crippen molar-refractivity contribution in [1.29, 1.82) is 0 Å². The van der Waals surface area contributed by atoms with Crippen LogP contribution in [0.3, 0.4) is 0 Å². The Morgan fingerprint density at radius 2 is 1.56 bits per heavy atom. The van der Waals surface area contributed by atoms with E-state index in [-0.39, 0.29) is 17.2 Å². The lowest BCUT2D eigenvalue weighted by Crippen LogP contribution is -2.24. The number of hydrogen-bond donors (Lipinski definition) is 2. The van der Waals surface area contributed by atoms with Gasteiger partial charge in [0.15, 0.2) is 0 Å². The Kier molecular flexibility index (Phi) is 6.82. The van der Waals surface area contributed by atoms with Crippen LogP contribution >= 0.6 is 0 Å². The molecule has 0 bridgehead atoms. The predicted octanol–water partition coefficient (Wildman–Crippen LogP) is 4.95. The number of nitrogens with one attached hydrogen (secondary N) is 2. The molecule has 0 aliphatic heterocycles. The smallest absolute Gasteiger partial charge is 0.377 e. The molecule has 0 fully saturated rings. The van der Waals surface area contributed by atoms with Gasteiger partial charge in [-0.2, -0.15) is 13.2 Å². The Balaban J connectivity index is 1.72. The van der Waals surface area contributed by atoms with E-state index in [1.165, 1.54) is 24.3 Å². The van der Waals surface area contributed by atoms with Crippen molar-refractivity contribution in [1.82, 2.24) is 5.32 Å². The molecule has 0 heterocycles. The summed E-state index contributed by atoms with van der Waals surface area (Å²) in [7, 11) is 3.81. The maximum absolute atomic E-state index is 13.2. The monoisotopic (exact) mass is 441 g/mol. The van der Waals surface area contributed by atoms with Crippen LogP contribution in [0.1, 0.15) is 31.8 Å². The number of para-hydroxylation sites is 1. The van der Waals surface area contributed by atoms with Gasteiger partial charge in [-0.25, -0.2) is 0 Å². The van der Waals surface area contributed by atoms with Crippen LogP contribution in [0.25, 0.3) is 0 Å². The van der Waals surface area contributed by atoms with Gasteiger partial charge >= 0.3 is 6.18 Å². The van der Waals surface area contributed by atoms with Crippen molar-refractivity contribution in [3.63, 3.8) is 0 Å². The molecule has 8 heteroatoms. The normalized spacial score (nSPS) is 11.0. The first-order chi connectivity index (χ1) is 15.2. The molecule has 0 saturated heterocycles. The molecule has 0 aliphatic carbocycles. The number of hydrogen-bond acceptors (Lipinski definition) is 3. The number of carbonyl (C=O) groups is 2. The van der Waals surface area contributed by atoms with Gasteiger partial charge in [-0.3, -0.25) is 9.59 Å². The first kappa shape index (κ1) is 22.9. The minimum Gasteiger partial charge on any atom is -0.377 e. The number of carbonyl (C=O) groups excluding carboxylic acids is 2. The summed E-state index contributed by atoms with van der Waals surface area (Å²) in [5.41, 5.74) is 0.875. The minimum absolute atomic E-state index is 0.216. The van der Waals surface area contributed by atoms with Crippen LogP contribution in [0.5, 0.6) is 0 Å². The topological polar surface area (TPSA) is 61.4 Å². The van der Waals surface area contributed by atoms with Gasteiger partial charge in [-0.05, 0) is 42.0 Å². The number of halogens is 3. The number of benzene rings is 3. The summed E-state index contributed by atoms with van der Waals surface area (Å²) in [4.78, 5) is 27.0. The molecule has 3 aromatic carbocycles. The number of alkyl halides is 3. The Morgan fingerprint density at radius 1 is 0.875 bits per heavy atom. The standard InChI is InChI=1S/C24H22F3N3O2/c1-30(2)21-13-6-3-8-17(21)15-28-22(31)16-9-7-10-18(14-16)29-23(32)19-11-4-5-12-20(19)24(25,26)27/h3-14H,15H2,1-2H3,(H,28,31)(H,29,32). The SMILES string of the molecule is CN(C)c1ccccc1CNC(=O)c1cccc(NC(=O)c2ccccc2C(F)(F)F)c1. The van der Waals surface area contributed by atoms with Crippen molar-refractivity contribution < 1.29 is 22.8 Å². The van der Waals surface area contributed by atoms with E-state index < -0.39 is 23.2 Å². The number of rotatable bonds is 6. The van der Waals surface area contributed by atoms with Crippen LogP contribution in [-0.2, 0) is 12.7 Å². The molecular weight excluding hydrogens is 419 g/mol. The Morgan fingerprint density at radius 3 is 2.28 bits per heavy atom. The zero-order valence-electron chi connectivity index (χ0n) is 17.5. The quantitative estimate of drug-likeness (QED) is 0.569. The summed E-state index contributed by atoms with van der Waals surface area (Å²) >= 11 is 0. The third-order valence-corrected chi connectivity index (χ3v) is 4.77.